The Hall–Kier alpha value is -2.45. The molecule has 2 fully saturated rings. The second kappa shape index (κ2) is 12.5. The molecule has 0 aromatic heterocycles. The average molecular weight is 503 g/mol. The lowest BCUT2D eigenvalue weighted by atomic mass is 9.89. The van der Waals surface area contributed by atoms with Gasteiger partial charge in [0.1, 0.15) is 24.3 Å². The molecule has 0 saturated carbocycles. The second-order valence-corrected chi connectivity index (χ2v) is 9.43. The number of halogens is 2. The molecule has 2 aliphatic rings. The van der Waals surface area contributed by atoms with Crippen LogP contribution in [0.3, 0.4) is 0 Å². The van der Waals surface area contributed by atoms with Gasteiger partial charge in [-0.2, -0.15) is 0 Å². The van der Waals surface area contributed by atoms with Gasteiger partial charge in [0.05, 0.1) is 18.2 Å². The molecule has 2 aromatic rings. The number of β-amino-alcohol motifs (C(OH)–C–C–N with tert-alkyl or cyclic N) is 1. The van der Waals surface area contributed by atoms with Gasteiger partial charge < -0.3 is 24.4 Å². The van der Waals surface area contributed by atoms with Gasteiger partial charge in [-0.05, 0) is 61.7 Å². The molecule has 0 radical (unpaired) electrons. The highest BCUT2D eigenvalue weighted by Gasteiger charge is 2.23. The number of piperidine rings is 1. The number of aliphatic hydroxyl groups is 1. The zero-order valence-electron chi connectivity index (χ0n) is 19.7. The molecule has 6 nitrogen and oxygen atoms in total. The van der Waals surface area contributed by atoms with Crippen molar-refractivity contribution in [3.05, 3.63) is 70.5 Å². The Morgan fingerprint density at radius 2 is 1.91 bits per heavy atom. The van der Waals surface area contributed by atoms with Crippen molar-refractivity contribution in [2.24, 2.45) is 0 Å². The van der Waals surface area contributed by atoms with Crippen LogP contribution < -0.4 is 4.74 Å². The van der Waals surface area contributed by atoms with E-state index in [4.69, 9.17) is 21.1 Å². The van der Waals surface area contributed by atoms with E-state index in [0.717, 1.165) is 37.1 Å². The molecular formula is C27H32ClFN2O4. The minimum absolute atomic E-state index is 0.0483. The fourth-order valence-electron chi connectivity index (χ4n) is 4.55. The molecule has 1 N–H and O–H groups in total. The Labute approximate surface area is 210 Å². The zero-order valence-corrected chi connectivity index (χ0v) is 20.5. The lowest BCUT2D eigenvalue weighted by Gasteiger charge is -2.33. The maximum Gasteiger partial charge on any atom is 0.246 e. The maximum absolute atomic E-state index is 13.8. The topological polar surface area (TPSA) is 62.2 Å². The number of para-hydroxylation sites is 1. The van der Waals surface area contributed by atoms with E-state index in [-0.39, 0.29) is 23.4 Å². The van der Waals surface area contributed by atoms with E-state index in [9.17, 15) is 14.3 Å². The van der Waals surface area contributed by atoms with E-state index in [0.29, 0.717) is 44.5 Å². The highest BCUT2D eigenvalue weighted by molar-refractivity contribution is 6.30. The number of morpholine rings is 1. The van der Waals surface area contributed by atoms with Crippen molar-refractivity contribution >= 4 is 23.6 Å². The lowest BCUT2D eigenvalue weighted by Crippen LogP contribution is -2.40. The van der Waals surface area contributed by atoms with Crippen molar-refractivity contribution in [2.75, 3.05) is 52.5 Å². The Morgan fingerprint density at radius 1 is 1.17 bits per heavy atom. The molecule has 0 spiro atoms. The normalized spacial score (nSPS) is 18.7. The number of hydrogen-bond acceptors (Lipinski definition) is 5. The first kappa shape index (κ1) is 25.6. The summed E-state index contributed by atoms with van der Waals surface area (Å²) in [5, 5.41) is 10.7. The third kappa shape index (κ3) is 7.27. The first-order valence-electron chi connectivity index (χ1n) is 12.1. The number of nitrogens with zero attached hydrogens (tertiary/aromatic N) is 2. The van der Waals surface area contributed by atoms with E-state index >= 15 is 0 Å². The average Bonchev–Trinajstić information content (AvgIpc) is 2.89. The first-order valence-corrected chi connectivity index (χ1v) is 12.5. The van der Waals surface area contributed by atoms with Crippen molar-refractivity contribution in [1.82, 2.24) is 9.80 Å². The van der Waals surface area contributed by atoms with Gasteiger partial charge in [-0.3, -0.25) is 4.79 Å². The summed E-state index contributed by atoms with van der Waals surface area (Å²) in [6, 6.07) is 12.5. The molecule has 1 atom stereocenters. The molecule has 1 amide bonds. The number of aliphatic hydroxyl groups excluding tert-OH is 1. The summed E-state index contributed by atoms with van der Waals surface area (Å²) in [6.07, 6.45) is 4.47. The monoisotopic (exact) mass is 502 g/mol. The number of carbonyl (C=O) groups excluding carboxylic acids is 1. The summed E-state index contributed by atoms with van der Waals surface area (Å²) in [7, 11) is 0. The molecule has 8 heteroatoms. The van der Waals surface area contributed by atoms with Crippen LogP contribution in [0.25, 0.3) is 6.08 Å². The Kier molecular flexibility index (Phi) is 9.15. The summed E-state index contributed by atoms with van der Waals surface area (Å²) in [6.45, 7) is 4.65. The summed E-state index contributed by atoms with van der Waals surface area (Å²) in [4.78, 5) is 16.4. The zero-order chi connectivity index (χ0) is 24.6. The van der Waals surface area contributed by atoms with Gasteiger partial charge >= 0.3 is 0 Å². The van der Waals surface area contributed by atoms with Crippen LogP contribution in [-0.4, -0.2) is 79.5 Å². The Balaban J connectivity index is 1.24. The summed E-state index contributed by atoms with van der Waals surface area (Å²) >= 11 is 5.80. The smallest absolute Gasteiger partial charge is 0.246 e. The van der Waals surface area contributed by atoms with Gasteiger partial charge in [-0.1, -0.05) is 35.9 Å². The predicted molar refractivity (Wildman–Crippen MR) is 134 cm³/mol. The number of likely N-dealkylation sites (tertiary alicyclic amines) is 1. The van der Waals surface area contributed by atoms with Crippen LogP contribution in [0.1, 0.15) is 29.9 Å². The van der Waals surface area contributed by atoms with Gasteiger partial charge in [-0.25, -0.2) is 4.39 Å². The van der Waals surface area contributed by atoms with E-state index in [1.807, 2.05) is 30.3 Å². The molecule has 0 aliphatic carbocycles. The van der Waals surface area contributed by atoms with Gasteiger partial charge in [-0.15, -0.1) is 0 Å². The van der Waals surface area contributed by atoms with Gasteiger partial charge in [0.2, 0.25) is 5.91 Å². The Morgan fingerprint density at radius 3 is 2.66 bits per heavy atom. The molecule has 2 saturated heterocycles. The van der Waals surface area contributed by atoms with E-state index < -0.39 is 6.10 Å². The minimum atomic E-state index is -0.647. The van der Waals surface area contributed by atoms with Crippen molar-refractivity contribution in [3.8, 4) is 5.75 Å². The molecule has 0 bridgehead atoms. The quantitative estimate of drug-likeness (QED) is 0.553. The molecule has 4 rings (SSSR count). The number of rotatable bonds is 8. The van der Waals surface area contributed by atoms with Gasteiger partial charge in [0.15, 0.2) is 0 Å². The van der Waals surface area contributed by atoms with Gasteiger partial charge in [0.25, 0.3) is 0 Å². The van der Waals surface area contributed by atoms with Crippen LogP contribution in [0.2, 0.25) is 5.02 Å². The molecule has 0 unspecified atom stereocenters. The highest BCUT2D eigenvalue weighted by atomic mass is 35.5. The molecule has 35 heavy (non-hydrogen) atoms. The van der Waals surface area contributed by atoms with Crippen LogP contribution in [0.4, 0.5) is 4.39 Å². The van der Waals surface area contributed by atoms with Crippen molar-refractivity contribution < 1.29 is 23.8 Å². The van der Waals surface area contributed by atoms with Crippen molar-refractivity contribution in [3.63, 3.8) is 0 Å². The van der Waals surface area contributed by atoms with E-state index in [2.05, 4.69) is 4.90 Å². The first-order chi connectivity index (χ1) is 17.0. The molecule has 2 aromatic carbocycles. The molecular weight excluding hydrogens is 471 g/mol. The number of benzene rings is 2. The standard InChI is InChI=1S/C27H32ClFN2O4/c28-24-7-5-22(17-25(24)29)20-9-11-30(12-10-20)18-23(32)19-35-26-4-2-1-3-21(26)6-8-27(33)31-13-15-34-16-14-31/h1-8,17,20,23,32H,9-16,18-19H2/t23-/m0/s1. The third-order valence-electron chi connectivity index (χ3n) is 6.55. The fraction of sp³-hybridized carbons (Fsp3) is 0.444. The number of carbonyl (C=O) groups is 1. The van der Waals surface area contributed by atoms with Crippen LogP contribution in [-0.2, 0) is 9.53 Å². The summed E-state index contributed by atoms with van der Waals surface area (Å²) < 4.78 is 25.0. The molecule has 2 heterocycles. The van der Waals surface area contributed by atoms with E-state index in [1.165, 1.54) is 6.07 Å². The van der Waals surface area contributed by atoms with Crippen LogP contribution in [0.15, 0.2) is 48.5 Å². The van der Waals surface area contributed by atoms with Gasteiger partial charge in [0, 0.05) is 31.3 Å². The highest BCUT2D eigenvalue weighted by Crippen LogP contribution is 2.30. The third-order valence-corrected chi connectivity index (χ3v) is 6.86. The summed E-state index contributed by atoms with van der Waals surface area (Å²) in [5.74, 6) is 0.499. The number of amides is 1. The van der Waals surface area contributed by atoms with Crippen LogP contribution >= 0.6 is 11.6 Å². The van der Waals surface area contributed by atoms with Crippen molar-refractivity contribution in [2.45, 2.75) is 24.9 Å². The van der Waals surface area contributed by atoms with E-state index in [1.54, 1.807) is 23.1 Å². The molecule has 2 aliphatic heterocycles. The summed E-state index contributed by atoms with van der Waals surface area (Å²) in [5.41, 5.74) is 1.77. The fourth-order valence-corrected chi connectivity index (χ4v) is 4.67. The SMILES string of the molecule is O=C(C=Cc1ccccc1OC[C@@H](O)CN1CCC(c2ccc(Cl)c(F)c2)CC1)N1CCOCC1. The maximum atomic E-state index is 13.8. The predicted octanol–water partition coefficient (Wildman–Crippen LogP) is 3.97. The minimum Gasteiger partial charge on any atom is -0.490 e. The second-order valence-electron chi connectivity index (χ2n) is 9.02. The lowest BCUT2D eigenvalue weighted by molar-refractivity contribution is -0.129. The largest absolute Gasteiger partial charge is 0.490 e. The van der Waals surface area contributed by atoms with Crippen molar-refractivity contribution in [1.29, 1.82) is 0 Å². The Bertz CT molecular complexity index is 1020. The van der Waals surface area contributed by atoms with Crippen LogP contribution in [0.5, 0.6) is 5.75 Å². The molecule has 188 valence electrons. The number of hydrogen-bond donors (Lipinski definition) is 1. The number of ether oxygens (including phenoxy) is 2. The van der Waals surface area contributed by atoms with Crippen LogP contribution in [0, 0.1) is 5.82 Å².